The highest BCUT2D eigenvalue weighted by Crippen LogP contribution is 2.31. The lowest BCUT2D eigenvalue weighted by Gasteiger charge is -2.28. The Balaban J connectivity index is 1.89. The molecule has 1 amide bonds. The van der Waals surface area contributed by atoms with Gasteiger partial charge in [0.25, 0.3) is 0 Å². The highest BCUT2D eigenvalue weighted by molar-refractivity contribution is 5.65. The molecule has 1 aliphatic rings. The van der Waals surface area contributed by atoms with Crippen LogP contribution in [0.15, 0.2) is 30.3 Å². The van der Waals surface area contributed by atoms with Gasteiger partial charge in [0.15, 0.2) is 0 Å². The molecule has 0 unspecified atom stereocenters. The molecular formula is C16H23NO4. The fraction of sp³-hybridized carbons (Fsp3) is 0.562. The molecule has 0 radical (unpaired) electrons. The number of likely N-dealkylation sites (tertiary alicyclic amines) is 1. The molecule has 0 aromatic heterocycles. The van der Waals surface area contributed by atoms with Crippen molar-refractivity contribution >= 4 is 6.09 Å². The molecule has 1 aromatic carbocycles. The quantitative estimate of drug-likeness (QED) is 0.839. The maximum atomic E-state index is 11.1. The number of hydrogen-bond donors (Lipinski definition) is 1. The lowest BCUT2D eigenvalue weighted by Crippen LogP contribution is -2.37. The third kappa shape index (κ3) is 4.44. The van der Waals surface area contributed by atoms with Crippen LogP contribution in [-0.4, -0.2) is 49.0 Å². The molecular weight excluding hydrogens is 270 g/mol. The van der Waals surface area contributed by atoms with Crippen LogP contribution in [0.25, 0.3) is 0 Å². The summed E-state index contributed by atoms with van der Waals surface area (Å²) in [5.74, 6) is 0. The van der Waals surface area contributed by atoms with Crippen molar-refractivity contribution < 1.29 is 19.4 Å². The molecule has 0 aliphatic carbocycles. The van der Waals surface area contributed by atoms with Crippen LogP contribution in [0, 0.1) is 5.41 Å². The molecule has 5 heteroatoms. The van der Waals surface area contributed by atoms with Crippen LogP contribution in [0.3, 0.4) is 0 Å². The van der Waals surface area contributed by atoms with Gasteiger partial charge < -0.3 is 19.5 Å². The monoisotopic (exact) mass is 293 g/mol. The van der Waals surface area contributed by atoms with Crippen LogP contribution in [0.4, 0.5) is 4.79 Å². The van der Waals surface area contributed by atoms with Crippen molar-refractivity contribution in [3.8, 4) is 0 Å². The van der Waals surface area contributed by atoms with Crippen LogP contribution in [0.2, 0.25) is 0 Å². The van der Waals surface area contributed by atoms with E-state index < -0.39 is 6.09 Å². The number of rotatable bonds is 7. The molecule has 116 valence electrons. The largest absolute Gasteiger partial charge is 0.465 e. The number of benzene rings is 1. The number of hydrogen-bond acceptors (Lipinski definition) is 3. The molecule has 1 saturated heterocycles. The minimum atomic E-state index is -0.864. The lowest BCUT2D eigenvalue weighted by atomic mass is 9.89. The fourth-order valence-electron chi connectivity index (χ4n) is 2.65. The zero-order valence-electron chi connectivity index (χ0n) is 12.5. The van der Waals surface area contributed by atoms with Gasteiger partial charge in [-0.3, -0.25) is 0 Å². The molecule has 1 atom stereocenters. The summed E-state index contributed by atoms with van der Waals surface area (Å²) >= 11 is 0. The third-order valence-electron chi connectivity index (χ3n) is 3.84. The average Bonchev–Trinajstić information content (AvgIpc) is 2.91. The smallest absolute Gasteiger partial charge is 0.407 e. The Labute approximate surface area is 125 Å². The molecule has 5 nitrogen and oxygen atoms in total. The van der Waals surface area contributed by atoms with E-state index in [9.17, 15) is 4.79 Å². The maximum Gasteiger partial charge on any atom is 0.407 e. The van der Waals surface area contributed by atoms with Gasteiger partial charge in [0, 0.05) is 25.1 Å². The first kappa shape index (κ1) is 15.8. The van der Waals surface area contributed by atoms with E-state index in [-0.39, 0.29) is 5.41 Å². The van der Waals surface area contributed by atoms with Gasteiger partial charge in [0.2, 0.25) is 0 Å². The van der Waals surface area contributed by atoms with Crippen LogP contribution in [-0.2, 0) is 16.1 Å². The molecule has 2 rings (SSSR count). The molecule has 0 saturated carbocycles. The maximum absolute atomic E-state index is 11.1. The van der Waals surface area contributed by atoms with E-state index in [1.54, 1.807) is 0 Å². The fourth-order valence-corrected chi connectivity index (χ4v) is 2.65. The van der Waals surface area contributed by atoms with Gasteiger partial charge in [-0.15, -0.1) is 0 Å². The van der Waals surface area contributed by atoms with Crippen LogP contribution in [0.5, 0.6) is 0 Å². The Bertz CT molecular complexity index is 451. The summed E-state index contributed by atoms with van der Waals surface area (Å²) in [5, 5.41) is 9.12. The third-order valence-corrected chi connectivity index (χ3v) is 3.84. The molecule has 1 fully saturated rings. The van der Waals surface area contributed by atoms with Crippen molar-refractivity contribution in [3.63, 3.8) is 0 Å². The van der Waals surface area contributed by atoms with Gasteiger partial charge in [-0.1, -0.05) is 30.3 Å². The van der Waals surface area contributed by atoms with E-state index in [0.29, 0.717) is 39.5 Å². The normalized spacial score (nSPS) is 21.7. The standard InChI is InChI=1S/C16H23NO4/c1-2-20-12-16(8-9-17(11-16)15(18)19)13-21-10-14-6-4-3-5-7-14/h3-7H,2,8-13H2,1H3,(H,18,19)/t16-/m0/s1. The number of amides is 1. The molecule has 0 spiro atoms. The van der Waals surface area contributed by atoms with Crippen molar-refractivity contribution in [2.45, 2.75) is 20.0 Å². The summed E-state index contributed by atoms with van der Waals surface area (Å²) in [5.41, 5.74) is 0.903. The minimum absolute atomic E-state index is 0.219. The SMILES string of the molecule is CCOC[C@]1(COCc2ccccc2)CCN(C(=O)O)C1. The van der Waals surface area contributed by atoms with E-state index in [1.165, 1.54) is 4.90 Å². The van der Waals surface area contributed by atoms with Crippen molar-refractivity contribution in [3.05, 3.63) is 35.9 Å². The van der Waals surface area contributed by atoms with Crippen molar-refractivity contribution in [1.29, 1.82) is 0 Å². The molecule has 1 aromatic rings. The van der Waals surface area contributed by atoms with Crippen LogP contribution >= 0.6 is 0 Å². The molecule has 1 heterocycles. The number of carbonyl (C=O) groups is 1. The minimum Gasteiger partial charge on any atom is -0.465 e. The van der Waals surface area contributed by atoms with Crippen LogP contribution < -0.4 is 0 Å². The van der Waals surface area contributed by atoms with Gasteiger partial charge in [-0.25, -0.2) is 4.79 Å². The Hall–Kier alpha value is -1.59. The summed E-state index contributed by atoms with van der Waals surface area (Å²) in [4.78, 5) is 12.6. The van der Waals surface area contributed by atoms with Crippen LogP contribution in [0.1, 0.15) is 18.9 Å². The number of carboxylic acid groups (broad SMARTS) is 1. The van der Waals surface area contributed by atoms with Gasteiger partial charge in [-0.05, 0) is 18.9 Å². The summed E-state index contributed by atoms with van der Waals surface area (Å²) < 4.78 is 11.4. The predicted molar refractivity (Wildman–Crippen MR) is 79.2 cm³/mol. The molecule has 1 aliphatic heterocycles. The first-order chi connectivity index (χ1) is 10.2. The van der Waals surface area contributed by atoms with E-state index in [1.807, 2.05) is 37.3 Å². The second kappa shape index (κ2) is 7.43. The van der Waals surface area contributed by atoms with Crippen molar-refractivity contribution in [1.82, 2.24) is 4.90 Å². The Morgan fingerprint density at radius 2 is 2.00 bits per heavy atom. The second-order valence-corrected chi connectivity index (χ2v) is 5.57. The second-order valence-electron chi connectivity index (χ2n) is 5.57. The summed E-state index contributed by atoms with van der Waals surface area (Å²) in [7, 11) is 0. The van der Waals surface area contributed by atoms with Gasteiger partial charge in [0.1, 0.15) is 0 Å². The van der Waals surface area contributed by atoms with Gasteiger partial charge in [-0.2, -0.15) is 0 Å². The summed E-state index contributed by atoms with van der Waals surface area (Å²) in [6.07, 6.45) is -0.0786. The van der Waals surface area contributed by atoms with E-state index >= 15 is 0 Å². The summed E-state index contributed by atoms with van der Waals surface area (Å²) in [6.45, 7) is 5.22. The zero-order valence-corrected chi connectivity index (χ0v) is 12.5. The molecule has 0 bridgehead atoms. The van der Waals surface area contributed by atoms with E-state index in [0.717, 1.165) is 12.0 Å². The van der Waals surface area contributed by atoms with Crippen molar-refractivity contribution in [2.24, 2.45) is 5.41 Å². The first-order valence-corrected chi connectivity index (χ1v) is 7.32. The number of nitrogens with zero attached hydrogens (tertiary/aromatic N) is 1. The first-order valence-electron chi connectivity index (χ1n) is 7.32. The van der Waals surface area contributed by atoms with E-state index in [4.69, 9.17) is 14.6 Å². The number of ether oxygens (including phenoxy) is 2. The van der Waals surface area contributed by atoms with E-state index in [2.05, 4.69) is 0 Å². The summed E-state index contributed by atoms with van der Waals surface area (Å²) in [6, 6.07) is 9.98. The van der Waals surface area contributed by atoms with Gasteiger partial charge >= 0.3 is 6.09 Å². The molecule has 1 N–H and O–H groups in total. The lowest BCUT2D eigenvalue weighted by molar-refractivity contribution is -0.0191. The average molecular weight is 293 g/mol. The predicted octanol–water partition coefficient (Wildman–Crippen LogP) is 2.61. The Morgan fingerprint density at radius 1 is 1.29 bits per heavy atom. The highest BCUT2D eigenvalue weighted by Gasteiger charge is 2.40. The highest BCUT2D eigenvalue weighted by atomic mass is 16.5. The molecule has 21 heavy (non-hydrogen) atoms. The Kier molecular flexibility index (Phi) is 5.59. The topological polar surface area (TPSA) is 59.0 Å². The Morgan fingerprint density at radius 3 is 2.62 bits per heavy atom. The van der Waals surface area contributed by atoms with Gasteiger partial charge in [0.05, 0.1) is 19.8 Å². The zero-order chi connectivity index (χ0) is 15.1. The van der Waals surface area contributed by atoms with Crippen molar-refractivity contribution in [2.75, 3.05) is 32.9 Å².